The van der Waals surface area contributed by atoms with Gasteiger partial charge in [-0.25, -0.2) is 0 Å². The van der Waals surface area contributed by atoms with Gasteiger partial charge in [0.15, 0.2) is 0 Å². The Balaban J connectivity index is 1.59. The summed E-state index contributed by atoms with van der Waals surface area (Å²) in [7, 11) is 0. The number of benzene rings is 1. The van der Waals surface area contributed by atoms with E-state index in [9.17, 15) is 10.2 Å². The first-order valence-electron chi connectivity index (χ1n) is 10.6. The maximum atomic E-state index is 9.89. The van der Waals surface area contributed by atoms with Crippen LogP contribution in [0.5, 0.6) is 5.75 Å². The van der Waals surface area contributed by atoms with Crippen molar-refractivity contribution in [2.75, 3.05) is 45.9 Å². The highest BCUT2D eigenvalue weighted by atomic mass is 16.5. The molecule has 2 saturated heterocycles. The first-order chi connectivity index (χ1) is 13.2. The van der Waals surface area contributed by atoms with Gasteiger partial charge in [-0.3, -0.25) is 4.90 Å². The standard InChI is InChI=1S/C22H36N2O3/c1-2-27-22-8-7-18(11-19(22)16-25)12-24-14-20(21(15-24)17-26)13-23-9-5-3-4-6-10-23/h7-8,11,20-21,25-26H,2-6,9-10,12-17H2,1H3/t20-,21-/m0/s1. The maximum absolute atomic E-state index is 9.89. The highest BCUT2D eigenvalue weighted by Crippen LogP contribution is 2.28. The minimum atomic E-state index is 0.0000231. The SMILES string of the molecule is CCOc1ccc(CN2C[C@@H](CO)[C@@H](CN3CCCCCC3)C2)cc1CO. The van der Waals surface area contributed by atoms with E-state index in [0.717, 1.165) is 37.5 Å². The Morgan fingerprint density at radius 2 is 1.74 bits per heavy atom. The number of hydrogen-bond donors (Lipinski definition) is 2. The van der Waals surface area contributed by atoms with Crippen LogP contribution in [0.2, 0.25) is 0 Å². The molecular weight excluding hydrogens is 340 g/mol. The molecular formula is C22H36N2O3. The molecule has 5 heteroatoms. The molecule has 1 aromatic rings. The predicted octanol–water partition coefficient (Wildman–Crippen LogP) is 2.49. The zero-order valence-electron chi connectivity index (χ0n) is 16.8. The molecule has 5 nitrogen and oxygen atoms in total. The Morgan fingerprint density at radius 1 is 1.00 bits per heavy atom. The second-order valence-electron chi connectivity index (χ2n) is 8.14. The maximum Gasteiger partial charge on any atom is 0.124 e. The summed E-state index contributed by atoms with van der Waals surface area (Å²) < 4.78 is 5.59. The second-order valence-corrected chi connectivity index (χ2v) is 8.14. The van der Waals surface area contributed by atoms with Crippen LogP contribution in [0.25, 0.3) is 0 Å². The minimum absolute atomic E-state index is 0.0000231. The van der Waals surface area contributed by atoms with Crippen molar-refractivity contribution in [2.24, 2.45) is 11.8 Å². The molecule has 27 heavy (non-hydrogen) atoms. The topological polar surface area (TPSA) is 56.2 Å². The number of aliphatic hydroxyl groups is 2. The van der Waals surface area contributed by atoms with Crippen molar-refractivity contribution in [2.45, 2.75) is 45.8 Å². The molecule has 2 atom stereocenters. The molecule has 152 valence electrons. The summed E-state index contributed by atoms with van der Waals surface area (Å²) in [6, 6.07) is 6.13. The molecule has 2 aliphatic rings. The molecule has 2 heterocycles. The summed E-state index contributed by atoms with van der Waals surface area (Å²) in [6.45, 7) is 9.26. The van der Waals surface area contributed by atoms with E-state index < -0.39 is 0 Å². The fourth-order valence-corrected chi connectivity index (χ4v) is 4.64. The number of aliphatic hydroxyl groups excluding tert-OH is 2. The van der Waals surface area contributed by atoms with Crippen molar-refractivity contribution in [3.8, 4) is 5.75 Å². The van der Waals surface area contributed by atoms with Crippen LogP contribution in [0, 0.1) is 11.8 Å². The monoisotopic (exact) mass is 376 g/mol. The highest BCUT2D eigenvalue weighted by Gasteiger charge is 2.33. The van der Waals surface area contributed by atoms with Crippen LogP contribution in [0.4, 0.5) is 0 Å². The number of likely N-dealkylation sites (tertiary alicyclic amines) is 2. The highest BCUT2D eigenvalue weighted by molar-refractivity contribution is 5.37. The fraction of sp³-hybridized carbons (Fsp3) is 0.727. The number of rotatable bonds is 8. The van der Waals surface area contributed by atoms with Crippen LogP contribution in [0.15, 0.2) is 18.2 Å². The van der Waals surface area contributed by atoms with E-state index in [1.54, 1.807) is 0 Å². The third-order valence-corrected chi connectivity index (χ3v) is 6.08. The molecule has 3 rings (SSSR count). The van der Waals surface area contributed by atoms with Gasteiger partial charge in [-0.15, -0.1) is 0 Å². The van der Waals surface area contributed by atoms with Crippen LogP contribution in [0.1, 0.15) is 43.7 Å². The van der Waals surface area contributed by atoms with E-state index in [-0.39, 0.29) is 13.2 Å². The van der Waals surface area contributed by atoms with Gasteiger partial charge in [-0.2, -0.15) is 0 Å². The summed E-state index contributed by atoms with van der Waals surface area (Å²) in [5.74, 6) is 1.69. The first kappa shape index (κ1) is 20.6. The van der Waals surface area contributed by atoms with Crippen LogP contribution < -0.4 is 4.74 Å². The van der Waals surface area contributed by atoms with Crippen molar-refractivity contribution < 1.29 is 14.9 Å². The quantitative estimate of drug-likeness (QED) is 0.730. The average Bonchev–Trinajstić information content (AvgIpc) is 2.87. The predicted molar refractivity (Wildman–Crippen MR) is 108 cm³/mol. The molecule has 0 bridgehead atoms. The molecule has 0 unspecified atom stereocenters. The summed E-state index contributed by atoms with van der Waals surface area (Å²) in [5.41, 5.74) is 2.06. The molecule has 1 aromatic carbocycles. The molecule has 0 amide bonds. The Labute approximate surface area is 163 Å². The Hall–Kier alpha value is -1.14. The van der Waals surface area contributed by atoms with Gasteiger partial charge >= 0.3 is 0 Å². The van der Waals surface area contributed by atoms with Crippen LogP contribution in [-0.2, 0) is 13.2 Å². The van der Waals surface area contributed by atoms with Gasteiger partial charge in [0, 0.05) is 38.3 Å². The summed E-state index contributed by atoms with van der Waals surface area (Å²) in [6.07, 6.45) is 5.36. The summed E-state index contributed by atoms with van der Waals surface area (Å²) >= 11 is 0. The zero-order valence-corrected chi connectivity index (χ0v) is 16.8. The fourth-order valence-electron chi connectivity index (χ4n) is 4.64. The minimum Gasteiger partial charge on any atom is -0.494 e. The summed E-state index contributed by atoms with van der Waals surface area (Å²) in [4.78, 5) is 5.07. The lowest BCUT2D eigenvalue weighted by atomic mass is 9.96. The average molecular weight is 377 g/mol. The number of ether oxygens (including phenoxy) is 1. The second kappa shape index (κ2) is 10.4. The van der Waals surface area contributed by atoms with E-state index in [2.05, 4.69) is 21.9 Å². The molecule has 0 aliphatic carbocycles. The van der Waals surface area contributed by atoms with E-state index in [1.807, 2.05) is 13.0 Å². The normalized spacial score (nSPS) is 24.9. The van der Waals surface area contributed by atoms with Crippen molar-refractivity contribution in [1.82, 2.24) is 9.80 Å². The molecule has 0 radical (unpaired) electrons. The lowest BCUT2D eigenvalue weighted by Gasteiger charge is -2.26. The van der Waals surface area contributed by atoms with E-state index in [0.29, 0.717) is 18.4 Å². The third-order valence-electron chi connectivity index (χ3n) is 6.08. The van der Waals surface area contributed by atoms with Crippen LogP contribution in [0.3, 0.4) is 0 Å². The van der Waals surface area contributed by atoms with Gasteiger partial charge in [-0.05, 0) is 62.4 Å². The zero-order chi connectivity index (χ0) is 19.1. The van der Waals surface area contributed by atoms with Gasteiger partial charge in [0.25, 0.3) is 0 Å². The number of nitrogens with zero attached hydrogens (tertiary/aromatic N) is 2. The van der Waals surface area contributed by atoms with Crippen LogP contribution in [-0.4, -0.2) is 66.0 Å². The first-order valence-corrected chi connectivity index (χ1v) is 10.6. The lowest BCUT2D eigenvalue weighted by molar-refractivity contribution is 0.165. The van der Waals surface area contributed by atoms with Crippen molar-refractivity contribution in [3.63, 3.8) is 0 Å². The Kier molecular flexibility index (Phi) is 7.94. The Bertz CT molecular complexity index is 573. The van der Waals surface area contributed by atoms with E-state index >= 15 is 0 Å². The Morgan fingerprint density at radius 3 is 2.41 bits per heavy atom. The summed E-state index contributed by atoms with van der Waals surface area (Å²) in [5, 5.41) is 19.5. The molecule has 2 fully saturated rings. The van der Waals surface area contributed by atoms with Gasteiger partial charge in [0.1, 0.15) is 5.75 Å². The van der Waals surface area contributed by atoms with Crippen molar-refractivity contribution in [1.29, 1.82) is 0 Å². The largest absolute Gasteiger partial charge is 0.494 e. The molecule has 2 aliphatic heterocycles. The van der Waals surface area contributed by atoms with E-state index in [4.69, 9.17) is 4.74 Å². The molecule has 0 saturated carbocycles. The van der Waals surface area contributed by atoms with Crippen LogP contribution >= 0.6 is 0 Å². The van der Waals surface area contributed by atoms with Crippen molar-refractivity contribution >= 4 is 0 Å². The molecule has 0 aromatic heterocycles. The van der Waals surface area contributed by atoms with Gasteiger partial charge < -0.3 is 19.8 Å². The molecule has 2 N–H and O–H groups in total. The third kappa shape index (κ3) is 5.67. The van der Waals surface area contributed by atoms with E-state index in [1.165, 1.54) is 44.3 Å². The number of hydrogen-bond acceptors (Lipinski definition) is 5. The smallest absolute Gasteiger partial charge is 0.124 e. The van der Waals surface area contributed by atoms with Gasteiger partial charge in [0.2, 0.25) is 0 Å². The lowest BCUT2D eigenvalue weighted by Crippen LogP contribution is -2.34. The van der Waals surface area contributed by atoms with Gasteiger partial charge in [-0.1, -0.05) is 18.9 Å². The molecule has 0 spiro atoms. The van der Waals surface area contributed by atoms with Crippen molar-refractivity contribution in [3.05, 3.63) is 29.3 Å². The van der Waals surface area contributed by atoms with Gasteiger partial charge in [0.05, 0.1) is 13.2 Å².